The maximum absolute atomic E-state index is 15.8. The fourth-order valence-electron chi connectivity index (χ4n) is 4.27. The Bertz CT molecular complexity index is 1620. The molecule has 1 unspecified atom stereocenters. The lowest BCUT2D eigenvalue weighted by molar-refractivity contribution is -0.137. The van der Waals surface area contributed by atoms with Crippen molar-refractivity contribution in [3.05, 3.63) is 112 Å². The standard InChI is InChI=1S/C28H24F6N4O/c1-15-10-18(4-7-24(15)30)16(2)36-26(39)22-12-17(14-38-9-8-37(3)27(38)35)11-21(25(22)31)20-6-5-19(29)13-23(20)28(32,33)34/h4-13,16,35H,14H2,1-3H3,(H,36,39). The van der Waals surface area contributed by atoms with Gasteiger partial charge in [-0.15, -0.1) is 0 Å². The molecule has 0 spiro atoms. The largest absolute Gasteiger partial charge is 0.417 e. The van der Waals surface area contributed by atoms with Gasteiger partial charge in [-0.1, -0.05) is 18.2 Å². The third kappa shape index (κ3) is 5.76. The van der Waals surface area contributed by atoms with Crippen LogP contribution in [0.3, 0.4) is 0 Å². The molecule has 1 atom stereocenters. The van der Waals surface area contributed by atoms with E-state index in [2.05, 4.69) is 5.32 Å². The van der Waals surface area contributed by atoms with E-state index >= 15 is 4.39 Å². The number of carbonyl (C=O) groups excluding carboxylic acids is 1. The first kappa shape index (κ1) is 27.7. The molecular formula is C28H24F6N4O. The van der Waals surface area contributed by atoms with Crippen LogP contribution in [0.4, 0.5) is 26.3 Å². The molecule has 0 radical (unpaired) electrons. The zero-order chi connectivity index (χ0) is 28.6. The van der Waals surface area contributed by atoms with Crippen LogP contribution in [0.2, 0.25) is 0 Å². The lowest BCUT2D eigenvalue weighted by Crippen LogP contribution is -2.28. The molecule has 0 fully saturated rings. The van der Waals surface area contributed by atoms with Gasteiger partial charge in [0.25, 0.3) is 5.91 Å². The average Bonchev–Trinajstić information content (AvgIpc) is 3.18. The van der Waals surface area contributed by atoms with Crippen LogP contribution < -0.4 is 10.9 Å². The Kier molecular flexibility index (Phi) is 7.45. The highest BCUT2D eigenvalue weighted by atomic mass is 19.4. The minimum absolute atomic E-state index is 0.0531. The number of nitrogens with one attached hydrogen (secondary N) is 2. The SMILES string of the molecule is Cc1cc(C(C)NC(=O)c2cc(Cn3ccn(C)c3=N)cc(-c3ccc(F)cc3C(F)(F)F)c2F)ccc1F. The van der Waals surface area contributed by atoms with Gasteiger partial charge in [0.2, 0.25) is 5.62 Å². The first-order valence-electron chi connectivity index (χ1n) is 11.8. The van der Waals surface area contributed by atoms with Crippen LogP contribution in [0.1, 0.15) is 45.6 Å². The summed E-state index contributed by atoms with van der Waals surface area (Å²) in [5.74, 6) is -3.72. The minimum atomic E-state index is -5.00. The van der Waals surface area contributed by atoms with Gasteiger partial charge in [-0.3, -0.25) is 10.2 Å². The number of benzene rings is 3. The van der Waals surface area contributed by atoms with Crippen molar-refractivity contribution in [2.45, 2.75) is 32.6 Å². The van der Waals surface area contributed by atoms with Gasteiger partial charge in [0.1, 0.15) is 17.5 Å². The summed E-state index contributed by atoms with van der Waals surface area (Å²) >= 11 is 0. The van der Waals surface area contributed by atoms with Gasteiger partial charge in [0, 0.05) is 25.0 Å². The Balaban J connectivity index is 1.83. The molecule has 0 bridgehead atoms. The molecule has 4 rings (SSSR count). The van der Waals surface area contributed by atoms with Crippen molar-refractivity contribution in [3.63, 3.8) is 0 Å². The lowest BCUT2D eigenvalue weighted by atomic mass is 9.94. The molecule has 0 saturated carbocycles. The number of alkyl halides is 3. The summed E-state index contributed by atoms with van der Waals surface area (Å²) in [6.07, 6.45) is -1.85. The van der Waals surface area contributed by atoms with E-state index in [4.69, 9.17) is 5.41 Å². The van der Waals surface area contributed by atoms with E-state index < -0.39 is 57.8 Å². The van der Waals surface area contributed by atoms with Crippen LogP contribution in [0, 0.1) is 29.8 Å². The van der Waals surface area contributed by atoms with E-state index in [1.807, 2.05) is 0 Å². The summed E-state index contributed by atoms with van der Waals surface area (Å²) in [5, 5.41) is 10.7. The third-order valence-corrected chi connectivity index (χ3v) is 6.41. The number of carbonyl (C=O) groups is 1. The summed E-state index contributed by atoms with van der Waals surface area (Å²) in [7, 11) is 1.63. The van der Waals surface area contributed by atoms with E-state index in [0.717, 1.165) is 18.2 Å². The molecule has 0 aliphatic heterocycles. The molecule has 39 heavy (non-hydrogen) atoms. The number of imidazole rings is 1. The van der Waals surface area contributed by atoms with Gasteiger partial charge in [-0.25, -0.2) is 13.2 Å². The van der Waals surface area contributed by atoms with Crippen molar-refractivity contribution in [2.75, 3.05) is 0 Å². The van der Waals surface area contributed by atoms with Crippen molar-refractivity contribution in [1.82, 2.24) is 14.5 Å². The highest BCUT2D eigenvalue weighted by Crippen LogP contribution is 2.39. The zero-order valence-electron chi connectivity index (χ0n) is 21.1. The van der Waals surface area contributed by atoms with E-state index in [1.54, 1.807) is 33.3 Å². The number of hydrogen-bond acceptors (Lipinski definition) is 2. The highest BCUT2D eigenvalue weighted by Gasteiger charge is 2.35. The summed E-state index contributed by atoms with van der Waals surface area (Å²) in [5.41, 5.74) is -1.93. The highest BCUT2D eigenvalue weighted by molar-refractivity contribution is 5.96. The molecule has 11 heteroatoms. The van der Waals surface area contributed by atoms with Gasteiger partial charge in [-0.2, -0.15) is 13.2 Å². The number of aryl methyl sites for hydroxylation is 2. The monoisotopic (exact) mass is 546 g/mol. The van der Waals surface area contributed by atoms with Gasteiger partial charge in [0.05, 0.1) is 23.7 Å². The number of nitrogens with zero attached hydrogens (tertiary/aromatic N) is 2. The molecule has 1 heterocycles. The van der Waals surface area contributed by atoms with Crippen molar-refractivity contribution < 1.29 is 31.1 Å². The summed E-state index contributed by atoms with van der Waals surface area (Å²) < 4.78 is 87.6. The van der Waals surface area contributed by atoms with E-state index in [9.17, 15) is 26.7 Å². The molecule has 1 amide bonds. The quantitative estimate of drug-likeness (QED) is 0.276. The minimum Gasteiger partial charge on any atom is -0.345 e. The average molecular weight is 547 g/mol. The first-order valence-corrected chi connectivity index (χ1v) is 11.8. The van der Waals surface area contributed by atoms with Gasteiger partial charge < -0.3 is 14.5 Å². The van der Waals surface area contributed by atoms with Crippen molar-refractivity contribution in [3.8, 4) is 11.1 Å². The van der Waals surface area contributed by atoms with E-state index in [1.165, 1.54) is 33.4 Å². The van der Waals surface area contributed by atoms with Crippen LogP contribution in [-0.4, -0.2) is 15.0 Å². The maximum atomic E-state index is 15.8. The van der Waals surface area contributed by atoms with Crippen LogP contribution >= 0.6 is 0 Å². The predicted octanol–water partition coefficient (Wildman–Crippen LogP) is 6.26. The van der Waals surface area contributed by atoms with Gasteiger partial charge in [-0.05, 0) is 66.4 Å². The van der Waals surface area contributed by atoms with Crippen LogP contribution in [0.25, 0.3) is 11.1 Å². The molecule has 0 aliphatic carbocycles. The number of hydrogen-bond donors (Lipinski definition) is 2. The predicted molar refractivity (Wildman–Crippen MR) is 132 cm³/mol. The molecule has 204 valence electrons. The Morgan fingerprint density at radius 2 is 1.72 bits per heavy atom. The fraction of sp³-hybridized carbons (Fsp3) is 0.214. The smallest absolute Gasteiger partial charge is 0.345 e. The molecule has 3 aromatic carbocycles. The lowest BCUT2D eigenvalue weighted by Gasteiger charge is -2.19. The molecule has 0 aliphatic rings. The molecule has 5 nitrogen and oxygen atoms in total. The number of amides is 1. The van der Waals surface area contributed by atoms with Crippen LogP contribution in [0.15, 0.2) is 60.9 Å². The summed E-state index contributed by atoms with van der Waals surface area (Å²) in [6.45, 7) is 3.09. The molecule has 4 aromatic rings. The van der Waals surface area contributed by atoms with Crippen LogP contribution in [-0.2, 0) is 19.8 Å². The normalized spacial score (nSPS) is 12.4. The maximum Gasteiger partial charge on any atom is 0.417 e. The second-order valence-electron chi connectivity index (χ2n) is 9.26. The summed E-state index contributed by atoms with van der Waals surface area (Å²) in [4.78, 5) is 13.2. The molecule has 2 N–H and O–H groups in total. The van der Waals surface area contributed by atoms with Gasteiger partial charge >= 0.3 is 6.18 Å². The van der Waals surface area contributed by atoms with Crippen molar-refractivity contribution in [2.24, 2.45) is 7.05 Å². The first-order chi connectivity index (χ1) is 18.3. The fourth-order valence-corrected chi connectivity index (χ4v) is 4.27. The molecule has 1 aromatic heterocycles. The van der Waals surface area contributed by atoms with Crippen molar-refractivity contribution >= 4 is 5.91 Å². The Morgan fingerprint density at radius 3 is 2.33 bits per heavy atom. The van der Waals surface area contributed by atoms with Crippen molar-refractivity contribution in [1.29, 1.82) is 5.41 Å². The number of aromatic nitrogens is 2. The third-order valence-electron chi connectivity index (χ3n) is 6.41. The Labute approximate surface area is 219 Å². The second kappa shape index (κ2) is 10.5. The van der Waals surface area contributed by atoms with E-state index in [0.29, 0.717) is 11.1 Å². The number of rotatable bonds is 6. The summed E-state index contributed by atoms with van der Waals surface area (Å²) in [6, 6.07) is 7.75. The second-order valence-corrected chi connectivity index (χ2v) is 9.26. The van der Waals surface area contributed by atoms with Crippen LogP contribution in [0.5, 0.6) is 0 Å². The van der Waals surface area contributed by atoms with Gasteiger partial charge in [0.15, 0.2) is 0 Å². The Hall–Kier alpha value is -4.28. The topological polar surface area (TPSA) is 62.8 Å². The van der Waals surface area contributed by atoms with E-state index in [-0.39, 0.29) is 23.8 Å². The number of halogens is 6. The molecular weight excluding hydrogens is 522 g/mol. The molecule has 0 saturated heterocycles. The zero-order valence-corrected chi connectivity index (χ0v) is 21.1. The Morgan fingerprint density at radius 1 is 1.00 bits per heavy atom.